The maximum absolute atomic E-state index is 4.67. The second kappa shape index (κ2) is 4.28. The van der Waals surface area contributed by atoms with E-state index in [9.17, 15) is 0 Å². The van der Waals surface area contributed by atoms with E-state index in [1.54, 1.807) is 0 Å². The third-order valence-corrected chi connectivity index (χ3v) is 4.48. The second-order valence-corrected chi connectivity index (χ2v) is 5.66. The summed E-state index contributed by atoms with van der Waals surface area (Å²) >= 11 is 0. The van der Waals surface area contributed by atoms with Gasteiger partial charge in [0.1, 0.15) is 0 Å². The van der Waals surface area contributed by atoms with Crippen LogP contribution >= 0.6 is 0 Å². The lowest BCUT2D eigenvalue weighted by Gasteiger charge is -2.11. The van der Waals surface area contributed by atoms with Gasteiger partial charge in [-0.05, 0) is 27.6 Å². The van der Waals surface area contributed by atoms with Gasteiger partial charge in [-0.25, -0.2) is 0 Å². The molecule has 22 heavy (non-hydrogen) atoms. The first kappa shape index (κ1) is 11.7. The highest BCUT2D eigenvalue weighted by Gasteiger charge is 2.10. The number of hydrogen-bond acceptors (Lipinski definition) is 1. The zero-order chi connectivity index (χ0) is 14.5. The molecule has 0 saturated carbocycles. The van der Waals surface area contributed by atoms with E-state index in [0.29, 0.717) is 0 Å². The van der Waals surface area contributed by atoms with Crippen molar-refractivity contribution in [3.05, 3.63) is 79.0 Å². The summed E-state index contributed by atoms with van der Waals surface area (Å²) in [5.74, 6) is 0. The third-order valence-electron chi connectivity index (χ3n) is 4.48. The summed E-state index contributed by atoms with van der Waals surface area (Å²) in [6.07, 6.45) is 2.02. The molecule has 0 bridgehead atoms. The third kappa shape index (κ3) is 1.45. The first-order chi connectivity index (χ1) is 10.9. The summed E-state index contributed by atoms with van der Waals surface area (Å²) in [6, 6.07) is 25.7. The number of para-hydroxylation sites is 1. The first-order valence-corrected chi connectivity index (χ1v) is 7.50. The Morgan fingerprint density at radius 2 is 0.955 bits per heavy atom. The minimum atomic E-state index is 1.05. The largest absolute Gasteiger partial charge is 0.256 e. The predicted octanol–water partition coefficient (Wildman–Crippen LogP) is 5.69. The summed E-state index contributed by atoms with van der Waals surface area (Å²) in [5.41, 5.74) is 1.05. The Bertz CT molecular complexity index is 1130. The van der Waals surface area contributed by atoms with Crippen LogP contribution in [0.25, 0.3) is 43.2 Å². The molecule has 0 aliphatic rings. The van der Waals surface area contributed by atoms with Crippen molar-refractivity contribution in [2.24, 2.45) is 0 Å². The van der Waals surface area contributed by atoms with Crippen LogP contribution < -0.4 is 0 Å². The van der Waals surface area contributed by atoms with E-state index >= 15 is 0 Å². The molecule has 1 heteroatoms. The van der Waals surface area contributed by atoms with Crippen LogP contribution in [0, 0.1) is 0 Å². The van der Waals surface area contributed by atoms with Gasteiger partial charge in [0.05, 0.1) is 5.52 Å². The van der Waals surface area contributed by atoms with Gasteiger partial charge in [-0.15, -0.1) is 0 Å². The number of pyridine rings is 1. The lowest BCUT2D eigenvalue weighted by Crippen LogP contribution is -1.86. The number of hydrogen-bond donors (Lipinski definition) is 0. The van der Waals surface area contributed by atoms with Crippen molar-refractivity contribution in [3.63, 3.8) is 0 Å². The maximum Gasteiger partial charge on any atom is 0.0708 e. The minimum Gasteiger partial charge on any atom is -0.256 e. The van der Waals surface area contributed by atoms with Gasteiger partial charge in [0, 0.05) is 22.4 Å². The van der Waals surface area contributed by atoms with Gasteiger partial charge in [-0.3, -0.25) is 4.98 Å². The number of aromatic nitrogens is 1. The Morgan fingerprint density at radius 1 is 0.455 bits per heavy atom. The molecule has 0 N–H and O–H groups in total. The fraction of sp³-hybridized carbons (Fsp3) is 0. The van der Waals surface area contributed by atoms with Crippen molar-refractivity contribution in [2.75, 3.05) is 0 Å². The Morgan fingerprint density at radius 3 is 1.68 bits per heavy atom. The molecule has 0 spiro atoms. The highest BCUT2D eigenvalue weighted by molar-refractivity contribution is 6.30. The predicted molar refractivity (Wildman–Crippen MR) is 94.3 cm³/mol. The van der Waals surface area contributed by atoms with E-state index < -0.39 is 0 Å². The van der Waals surface area contributed by atoms with Gasteiger partial charge in [-0.1, -0.05) is 66.7 Å². The summed E-state index contributed by atoms with van der Waals surface area (Å²) in [5, 5.41) is 8.93. The lowest BCUT2D eigenvalue weighted by atomic mass is 9.93. The summed E-state index contributed by atoms with van der Waals surface area (Å²) in [6.45, 7) is 0. The number of fused-ring (bicyclic) bond motifs is 8. The number of nitrogens with zero attached hydrogens (tertiary/aromatic N) is 1. The smallest absolute Gasteiger partial charge is 0.0708 e. The van der Waals surface area contributed by atoms with Gasteiger partial charge in [-0.2, -0.15) is 0 Å². The molecule has 4 aromatic carbocycles. The molecule has 1 heterocycles. The van der Waals surface area contributed by atoms with E-state index in [1.165, 1.54) is 37.7 Å². The zero-order valence-corrected chi connectivity index (χ0v) is 12.0. The van der Waals surface area contributed by atoms with Crippen molar-refractivity contribution in [1.82, 2.24) is 4.98 Å². The zero-order valence-electron chi connectivity index (χ0n) is 12.0. The molecule has 0 radical (unpaired) electrons. The van der Waals surface area contributed by atoms with Crippen LogP contribution in [-0.4, -0.2) is 4.98 Å². The van der Waals surface area contributed by atoms with Gasteiger partial charge in [0.15, 0.2) is 0 Å². The van der Waals surface area contributed by atoms with Gasteiger partial charge >= 0.3 is 0 Å². The summed E-state index contributed by atoms with van der Waals surface area (Å²) < 4.78 is 0. The summed E-state index contributed by atoms with van der Waals surface area (Å²) in [4.78, 5) is 4.67. The molecule has 0 aliphatic carbocycles. The second-order valence-electron chi connectivity index (χ2n) is 5.66. The average Bonchev–Trinajstić information content (AvgIpc) is 2.61. The van der Waals surface area contributed by atoms with Gasteiger partial charge < -0.3 is 0 Å². The Hall–Kier alpha value is -2.93. The van der Waals surface area contributed by atoms with Gasteiger partial charge in [0.2, 0.25) is 0 Å². The molecule has 5 rings (SSSR count). The Labute approximate surface area is 127 Å². The number of benzene rings is 4. The van der Waals surface area contributed by atoms with Crippen molar-refractivity contribution in [3.8, 4) is 0 Å². The van der Waals surface area contributed by atoms with E-state index in [-0.39, 0.29) is 0 Å². The Kier molecular flexibility index (Phi) is 2.28. The van der Waals surface area contributed by atoms with Crippen LogP contribution in [0.3, 0.4) is 0 Å². The molecule has 0 saturated heterocycles. The topological polar surface area (TPSA) is 12.9 Å². The quantitative estimate of drug-likeness (QED) is 0.332. The molecule has 0 amide bonds. The molecule has 5 aromatic rings. The highest BCUT2D eigenvalue weighted by Crippen LogP contribution is 2.37. The molecule has 1 nitrogen and oxygen atoms in total. The van der Waals surface area contributed by atoms with Crippen molar-refractivity contribution in [2.45, 2.75) is 0 Å². The molecular weight excluding hydrogens is 266 g/mol. The molecule has 1 aromatic heterocycles. The number of rotatable bonds is 0. The van der Waals surface area contributed by atoms with Crippen molar-refractivity contribution < 1.29 is 0 Å². The van der Waals surface area contributed by atoms with E-state index in [1.807, 2.05) is 12.3 Å². The normalized spacial score (nSPS) is 11.6. The molecule has 0 aliphatic heterocycles. The standard InChI is InChI=1S/C21H13N/c1-2-9-16-14(7-1)15-8-3-4-10-17(15)21-18-11-5-6-12-20(18)22-13-19(16)21/h1-13H. The lowest BCUT2D eigenvalue weighted by molar-refractivity contribution is 1.45. The van der Waals surface area contributed by atoms with Crippen molar-refractivity contribution in [1.29, 1.82) is 0 Å². The molecule has 0 fully saturated rings. The molecular formula is C21H13N. The molecule has 102 valence electrons. The Balaban J connectivity index is 2.24. The van der Waals surface area contributed by atoms with E-state index in [0.717, 1.165) is 5.52 Å². The minimum absolute atomic E-state index is 1.05. The van der Waals surface area contributed by atoms with Crippen LogP contribution in [0.4, 0.5) is 0 Å². The first-order valence-electron chi connectivity index (χ1n) is 7.50. The van der Waals surface area contributed by atoms with Crippen LogP contribution in [0.1, 0.15) is 0 Å². The average molecular weight is 279 g/mol. The van der Waals surface area contributed by atoms with E-state index in [4.69, 9.17) is 0 Å². The van der Waals surface area contributed by atoms with Crippen LogP contribution in [0.15, 0.2) is 79.0 Å². The van der Waals surface area contributed by atoms with Crippen LogP contribution in [0.5, 0.6) is 0 Å². The van der Waals surface area contributed by atoms with Crippen LogP contribution in [-0.2, 0) is 0 Å². The maximum atomic E-state index is 4.67. The molecule has 0 atom stereocenters. The fourth-order valence-electron chi connectivity index (χ4n) is 3.52. The van der Waals surface area contributed by atoms with E-state index in [2.05, 4.69) is 71.7 Å². The highest BCUT2D eigenvalue weighted by atomic mass is 14.6. The van der Waals surface area contributed by atoms with Crippen molar-refractivity contribution >= 4 is 43.2 Å². The SMILES string of the molecule is c1ccc2c(c1)ncc1c3ccccc3c3ccccc3c21. The van der Waals surface area contributed by atoms with Crippen LogP contribution in [0.2, 0.25) is 0 Å². The van der Waals surface area contributed by atoms with Gasteiger partial charge in [0.25, 0.3) is 0 Å². The fourth-order valence-corrected chi connectivity index (χ4v) is 3.52. The monoisotopic (exact) mass is 279 g/mol. The molecule has 0 unspecified atom stereocenters. The summed E-state index contributed by atoms with van der Waals surface area (Å²) in [7, 11) is 0.